The largest absolute Gasteiger partial charge is 0.411 e. The fourth-order valence-electron chi connectivity index (χ4n) is 0.989. The second-order valence-corrected chi connectivity index (χ2v) is 2.39. The van der Waals surface area contributed by atoms with E-state index in [1.54, 1.807) is 0 Å². The molecule has 0 aliphatic carbocycles. The summed E-state index contributed by atoms with van der Waals surface area (Å²) in [6.07, 6.45) is 0.376. The molecule has 12 heavy (non-hydrogen) atoms. The molecule has 0 heterocycles. The van der Waals surface area contributed by atoms with Gasteiger partial charge in [-0.3, -0.25) is 0 Å². The Bertz CT molecular complexity index is 256. The van der Waals surface area contributed by atoms with Crippen LogP contribution in [-0.2, 0) is 0 Å². The predicted molar refractivity (Wildman–Crippen MR) is 46.5 cm³/mol. The zero-order valence-electron chi connectivity index (χ0n) is 6.64. The molecule has 3 nitrogen and oxygen atoms in total. The number of benzene rings is 1. The molecule has 0 aliphatic rings. The molecule has 3 heteroatoms. The molecule has 1 aromatic carbocycles. The topological polar surface area (TPSA) is 52.8 Å². The lowest BCUT2D eigenvalue weighted by Gasteiger charge is -2.00. The summed E-state index contributed by atoms with van der Waals surface area (Å²) in [5, 5.41) is 20.3. The minimum absolute atomic E-state index is 0.00567. The van der Waals surface area contributed by atoms with Gasteiger partial charge >= 0.3 is 0 Å². The van der Waals surface area contributed by atoms with E-state index in [1.165, 1.54) is 0 Å². The lowest BCUT2D eigenvalue weighted by atomic mass is 10.1. The van der Waals surface area contributed by atoms with E-state index >= 15 is 0 Å². The summed E-state index contributed by atoms with van der Waals surface area (Å²) in [5.41, 5.74) is 1.35. The molecule has 0 saturated heterocycles. The van der Waals surface area contributed by atoms with Gasteiger partial charge in [0.05, 0.1) is 5.71 Å². The molecule has 0 atom stereocenters. The van der Waals surface area contributed by atoms with Crippen molar-refractivity contribution >= 4 is 5.71 Å². The molecule has 0 aliphatic heterocycles. The number of hydrogen-bond acceptors (Lipinski definition) is 3. The Kier molecular flexibility index (Phi) is 3.29. The monoisotopic (exact) mass is 165 g/mol. The maximum atomic E-state index is 8.64. The van der Waals surface area contributed by atoms with Crippen LogP contribution in [0.15, 0.2) is 35.5 Å². The van der Waals surface area contributed by atoms with Crippen molar-refractivity contribution in [2.45, 2.75) is 6.42 Å². The molecule has 0 amide bonds. The summed E-state index contributed by atoms with van der Waals surface area (Å²) in [7, 11) is 0. The third kappa shape index (κ3) is 2.07. The maximum absolute atomic E-state index is 8.64. The normalized spacial score (nSPS) is 11.6. The Labute approximate surface area is 71.0 Å². The quantitative estimate of drug-likeness (QED) is 0.402. The van der Waals surface area contributed by atoms with Crippen molar-refractivity contribution in [2.24, 2.45) is 5.16 Å². The van der Waals surface area contributed by atoms with Gasteiger partial charge in [0.15, 0.2) is 0 Å². The average molecular weight is 165 g/mol. The Balaban J connectivity index is 2.82. The van der Waals surface area contributed by atoms with E-state index in [2.05, 4.69) is 5.16 Å². The van der Waals surface area contributed by atoms with Crippen LogP contribution in [0.5, 0.6) is 0 Å². The zero-order valence-corrected chi connectivity index (χ0v) is 6.64. The van der Waals surface area contributed by atoms with Gasteiger partial charge in [-0.25, -0.2) is 0 Å². The van der Waals surface area contributed by atoms with Crippen molar-refractivity contribution in [2.75, 3.05) is 6.61 Å². The third-order valence-electron chi connectivity index (χ3n) is 1.58. The molecule has 0 aromatic heterocycles. The van der Waals surface area contributed by atoms with E-state index in [-0.39, 0.29) is 6.61 Å². The van der Waals surface area contributed by atoms with Gasteiger partial charge in [-0.05, 0) is 5.56 Å². The summed E-state index contributed by atoms with van der Waals surface area (Å²) in [6, 6.07) is 9.28. The van der Waals surface area contributed by atoms with Gasteiger partial charge in [-0.15, -0.1) is 0 Å². The van der Waals surface area contributed by atoms with Gasteiger partial charge in [-0.2, -0.15) is 0 Å². The summed E-state index contributed by atoms with van der Waals surface area (Å²) < 4.78 is 0. The predicted octanol–water partition coefficient (Wildman–Crippen LogP) is 1.25. The van der Waals surface area contributed by atoms with Crippen molar-refractivity contribution in [3.8, 4) is 0 Å². The van der Waals surface area contributed by atoms with Crippen molar-refractivity contribution in [3.63, 3.8) is 0 Å². The van der Waals surface area contributed by atoms with E-state index in [1.807, 2.05) is 30.3 Å². The third-order valence-corrected chi connectivity index (χ3v) is 1.58. The van der Waals surface area contributed by atoms with Crippen LogP contribution in [0.25, 0.3) is 0 Å². The molecule has 0 fully saturated rings. The molecule has 1 rings (SSSR count). The fourth-order valence-corrected chi connectivity index (χ4v) is 0.989. The Morgan fingerprint density at radius 1 is 1.25 bits per heavy atom. The molecule has 0 unspecified atom stereocenters. The molecule has 0 saturated carbocycles. The van der Waals surface area contributed by atoms with E-state index in [0.717, 1.165) is 5.56 Å². The summed E-state index contributed by atoms with van der Waals surface area (Å²) >= 11 is 0. The van der Waals surface area contributed by atoms with E-state index in [0.29, 0.717) is 12.1 Å². The smallest absolute Gasteiger partial charge is 0.0890 e. The number of oxime groups is 1. The van der Waals surface area contributed by atoms with Crippen molar-refractivity contribution in [1.82, 2.24) is 0 Å². The molecule has 0 spiro atoms. The maximum Gasteiger partial charge on any atom is 0.0890 e. The minimum atomic E-state index is -0.00567. The number of aliphatic hydroxyl groups is 1. The van der Waals surface area contributed by atoms with Gasteiger partial charge in [0.25, 0.3) is 0 Å². The summed E-state index contributed by atoms with van der Waals surface area (Å²) in [4.78, 5) is 0. The highest BCUT2D eigenvalue weighted by molar-refractivity contribution is 6.00. The Morgan fingerprint density at radius 3 is 2.42 bits per heavy atom. The van der Waals surface area contributed by atoms with Gasteiger partial charge in [0.1, 0.15) is 0 Å². The molecule has 1 aromatic rings. The van der Waals surface area contributed by atoms with Crippen LogP contribution in [0, 0.1) is 0 Å². The van der Waals surface area contributed by atoms with Gasteiger partial charge in [0, 0.05) is 13.0 Å². The first kappa shape index (κ1) is 8.74. The highest BCUT2D eigenvalue weighted by atomic mass is 16.4. The van der Waals surface area contributed by atoms with Crippen LogP contribution < -0.4 is 0 Å². The molecular formula is C9H11NO2. The van der Waals surface area contributed by atoms with Crippen molar-refractivity contribution < 1.29 is 10.3 Å². The van der Waals surface area contributed by atoms with E-state index in [9.17, 15) is 0 Å². The van der Waals surface area contributed by atoms with E-state index in [4.69, 9.17) is 10.3 Å². The van der Waals surface area contributed by atoms with Gasteiger partial charge < -0.3 is 10.3 Å². The summed E-state index contributed by atoms with van der Waals surface area (Å²) in [5.74, 6) is 0. The number of hydrogen-bond donors (Lipinski definition) is 2. The van der Waals surface area contributed by atoms with Crippen LogP contribution in [0.2, 0.25) is 0 Å². The second kappa shape index (κ2) is 4.51. The van der Waals surface area contributed by atoms with Gasteiger partial charge in [-0.1, -0.05) is 35.5 Å². The van der Waals surface area contributed by atoms with E-state index < -0.39 is 0 Å². The fraction of sp³-hybridized carbons (Fsp3) is 0.222. The SMILES string of the molecule is OCCC(=NO)c1ccccc1. The first-order chi connectivity index (χ1) is 5.88. The zero-order chi connectivity index (χ0) is 8.81. The first-order valence-corrected chi connectivity index (χ1v) is 3.75. The molecule has 2 N–H and O–H groups in total. The van der Waals surface area contributed by atoms with Crippen LogP contribution in [0.4, 0.5) is 0 Å². The number of aliphatic hydroxyl groups excluding tert-OH is 1. The molecule has 64 valence electrons. The van der Waals surface area contributed by atoms with Gasteiger partial charge in [0.2, 0.25) is 0 Å². The molecule has 0 radical (unpaired) electrons. The summed E-state index contributed by atoms with van der Waals surface area (Å²) in [6.45, 7) is -0.00567. The van der Waals surface area contributed by atoms with Crippen LogP contribution >= 0.6 is 0 Å². The number of rotatable bonds is 3. The Morgan fingerprint density at radius 2 is 1.92 bits per heavy atom. The average Bonchev–Trinajstić information content (AvgIpc) is 2.15. The first-order valence-electron chi connectivity index (χ1n) is 3.75. The lowest BCUT2D eigenvalue weighted by Crippen LogP contribution is -2.03. The second-order valence-electron chi connectivity index (χ2n) is 2.39. The Hall–Kier alpha value is -1.35. The van der Waals surface area contributed by atoms with Crippen LogP contribution in [0.3, 0.4) is 0 Å². The van der Waals surface area contributed by atoms with Crippen molar-refractivity contribution in [1.29, 1.82) is 0 Å². The lowest BCUT2D eigenvalue weighted by molar-refractivity contribution is 0.295. The van der Waals surface area contributed by atoms with Crippen molar-refractivity contribution in [3.05, 3.63) is 35.9 Å². The van der Waals surface area contributed by atoms with Crippen LogP contribution in [0.1, 0.15) is 12.0 Å². The standard InChI is InChI=1S/C9H11NO2/c11-7-6-9(10-12)8-4-2-1-3-5-8/h1-5,11-12H,6-7H2. The number of nitrogens with zero attached hydrogens (tertiary/aromatic N) is 1. The highest BCUT2D eigenvalue weighted by Gasteiger charge is 2.01. The highest BCUT2D eigenvalue weighted by Crippen LogP contribution is 2.03. The van der Waals surface area contributed by atoms with Crippen LogP contribution in [-0.4, -0.2) is 22.6 Å². The minimum Gasteiger partial charge on any atom is -0.411 e. The molecular weight excluding hydrogens is 154 g/mol. The molecule has 0 bridgehead atoms.